The van der Waals surface area contributed by atoms with E-state index in [1.807, 2.05) is 0 Å². The highest BCUT2D eigenvalue weighted by Gasteiger charge is 2.41. The van der Waals surface area contributed by atoms with E-state index >= 15 is 0 Å². The van der Waals surface area contributed by atoms with Gasteiger partial charge in [0.2, 0.25) is 16.3 Å². The summed E-state index contributed by atoms with van der Waals surface area (Å²) in [6, 6.07) is 12.2. The Morgan fingerprint density at radius 3 is 2.46 bits per heavy atom. The van der Waals surface area contributed by atoms with Crippen LogP contribution in [0.2, 0.25) is 0 Å². The van der Waals surface area contributed by atoms with Crippen LogP contribution in [0.5, 0.6) is 5.75 Å². The van der Waals surface area contributed by atoms with Crippen LogP contribution in [-0.4, -0.2) is 69.5 Å². The molecule has 2 aromatic carbocycles. The summed E-state index contributed by atoms with van der Waals surface area (Å²) < 4.78 is 58.2. The molecule has 41 heavy (non-hydrogen) atoms. The minimum atomic E-state index is -3.90. The standard InChI is InChI=1S/C30H37FN2O7S/c1-38-25-8-10-26(11-9-25)41(36,37)33(12-14-34)13-15-39-29-19-23(21-4-6-24(31)7-5-21)18-28(40-29)30(35)32-27-17-20-2-3-22(27)16-20/h4-11,18,20,22-23,27,29,34H,2-3,12-17,19H2,1H3,(H,32,35)/t20?,22?,23-,27?,29+/m1/s1. The van der Waals surface area contributed by atoms with Crippen molar-refractivity contribution in [1.29, 1.82) is 0 Å². The van der Waals surface area contributed by atoms with Crippen LogP contribution in [0.4, 0.5) is 4.39 Å². The van der Waals surface area contributed by atoms with Crippen molar-refractivity contribution in [2.45, 2.75) is 55.2 Å². The molecule has 222 valence electrons. The summed E-state index contributed by atoms with van der Waals surface area (Å²) >= 11 is 0. The van der Waals surface area contributed by atoms with Gasteiger partial charge < -0.3 is 24.6 Å². The molecule has 2 bridgehead atoms. The van der Waals surface area contributed by atoms with Crippen molar-refractivity contribution in [3.63, 3.8) is 0 Å². The minimum absolute atomic E-state index is 0.0303. The van der Waals surface area contributed by atoms with E-state index in [0.717, 1.165) is 29.1 Å². The summed E-state index contributed by atoms with van der Waals surface area (Å²) in [5.41, 5.74) is 0.817. The van der Waals surface area contributed by atoms with Gasteiger partial charge in [-0.05, 0) is 79.1 Å². The normalized spacial score (nSPS) is 25.6. The van der Waals surface area contributed by atoms with Gasteiger partial charge in [-0.3, -0.25) is 4.79 Å². The zero-order chi connectivity index (χ0) is 29.0. The zero-order valence-corrected chi connectivity index (χ0v) is 23.9. The number of benzene rings is 2. The molecule has 3 aliphatic rings. The lowest BCUT2D eigenvalue weighted by molar-refractivity contribution is -0.147. The molecule has 1 heterocycles. The zero-order valence-electron chi connectivity index (χ0n) is 23.1. The molecule has 2 aromatic rings. The molecule has 1 amide bonds. The van der Waals surface area contributed by atoms with E-state index in [-0.39, 0.29) is 60.6 Å². The number of ether oxygens (including phenoxy) is 3. The van der Waals surface area contributed by atoms with E-state index in [4.69, 9.17) is 14.2 Å². The van der Waals surface area contributed by atoms with Gasteiger partial charge in [-0.2, -0.15) is 4.31 Å². The number of aliphatic hydroxyl groups excluding tert-OH is 1. The molecule has 0 spiro atoms. The molecule has 1 aliphatic heterocycles. The van der Waals surface area contributed by atoms with Gasteiger partial charge in [-0.15, -0.1) is 0 Å². The van der Waals surface area contributed by atoms with Crippen molar-refractivity contribution in [3.8, 4) is 5.75 Å². The number of amides is 1. The fourth-order valence-electron chi connectivity index (χ4n) is 6.17. The van der Waals surface area contributed by atoms with Crippen LogP contribution < -0.4 is 10.1 Å². The van der Waals surface area contributed by atoms with Crippen molar-refractivity contribution in [2.24, 2.45) is 11.8 Å². The van der Waals surface area contributed by atoms with Gasteiger partial charge in [0, 0.05) is 31.5 Å². The van der Waals surface area contributed by atoms with Crippen LogP contribution in [0.15, 0.2) is 65.3 Å². The average molecular weight is 589 g/mol. The summed E-state index contributed by atoms with van der Waals surface area (Å²) in [6.07, 6.45) is 5.77. The van der Waals surface area contributed by atoms with E-state index in [1.54, 1.807) is 30.3 Å². The Morgan fingerprint density at radius 1 is 1.07 bits per heavy atom. The highest BCUT2D eigenvalue weighted by Crippen LogP contribution is 2.44. The number of nitrogens with zero attached hydrogens (tertiary/aromatic N) is 1. The molecule has 0 saturated heterocycles. The number of carbonyl (C=O) groups is 1. The third-order valence-electron chi connectivity index (χ3n) is 8.32. The molecule has 0 aromatic heterocycles. The number of halogens is 1. The van der Waals surface area contributed by atoms with Crippen LogP contribution in [0.1, 0.15) is 43.6 Å². The highest BCUT2D eigenvalue weighted by molar-refractivity contribution is 7.89. The number of fused-ring (bicyclic) bond motifs is 2. The molecule has 5 atom stereocenters. The largest absolute Gasteiger partial charge is 0.497 e. The van der Waals surface area contributed by atoms with Crippen molar-refractivity contribution >= 4 is 15.9 Å². The molecular weight excluding hydrogens is 551 g/mol. The van der Waals surface area contributed by atoms with E-state index in [0.29, 0.717) is 24.0 Å². The Hall–Kier alpha value is -2.99. The topological polar surface area (TPSA) is 114 Å². The summed E-state index contributed by atoms with van der Waals surface area (Å²) in [5, 5.41) is 12.7. The number of aliphatic hydroxyl groups is 1. The highest BCUT2D eigenvalue weighted by atomic mass is 32.2. The van der Waals surface area contributed by atoms with Crippen molar-refractivity contribution in [1.82, 2.24) is 9.62 Å². The second-order valence-corrected chi connectivity index (χ2v) is 12.8. The third-order valence-corrected chi connectivity index (χ3v) is 10.2. The van der Waals surface area contributed by atoms with Crippen LogP contribution in [0, 0.1) is 17.7 Å². The fourth-order valence-corrected chi connectivity index (χ4v) is 7.58. The Balaban J connectivity index is 1.26. The Labute approximate surface area is 240 Å². The van der Waals surface area contributed by atoms with E-state index in [9.17, 15) is 22.7 Å². The quantitative estimate of drug-likeness (QED) is 0.390. The fraction of sp³-hybridized carbons (Fsp3) is 0.500. The molecule has 2 aliphatic carbocycles. The summed E-state index contributed by atoms with van der Waals surface area (Å²) in [6.45, 7) is -0.541. The number of methoxy groups -OCH3 is 1. The summed E-state index contributed by atoms with van der Waals surface area (Å²) in [7, 11) is -2.41. The first kappa shape index (κ1) is 29.5. The maximum Gasteiger partial charge on any atom is 0.286 e. The predicted molar refractivity (Wildman–Crippen MR) is 149 cm³/mol. The van der Waals surface area contributed by atoms with Crippen molar-refractivity contribution < 1.29 is 36.9 Å². The van der Waals surface area contributed by atoms with Gasteiger partial charge in [0.1, 0.15) is 11.6 Å². The number of hydrogen-bond donors (Lipinski definition) is 2. The molecule has 2 fully saturated rings. The van der Waals surface area contributed by atoms with E-state index in [2.05, 4.69) is 5.32 Å². The molecule has 2 N–H and O–H groups in total. The van der Waals surface area contributed by atoms with Gasteiger partial charge in [-0.25, -0.2) is 12.8 Å². The molecular formula is C30H37FN2O7S. The van der Waals surface area contributed by atoms with Crippen LogP contribution in [0.3, 0.4) is 0 Å². The van der Waals surface area contributed by atoms with Gasteiger partial charge in [0.05, 0.1) is 25.2 Å². The lowest BCUT2D eigenvalue weighted by atomic mass is 9.92. The third kappa shape index (κ3) is 6.91. The van der Waals surface area contributed by atoms with Gasteiger partial charge in [-0.1, -0.05) is 18.6 Å². The lowest BCUT2D eigenvalue weighted by Crippen LogP contribution is -2.41. The van der Waals surface area contributed by atoms with Crippen LogP contribution in [0.25, 0.3) is 0 Å². The number of allylic oxidation sites excluding steroid dienone is 1. The average Bonchev–Trinajstić information content (AvgIpc) is 3.60. The van der Waals surface area contributed by atoms with Gasteiger partial charge in [0.25, 0.3) is 5.91 Å². The molecule has 5 rings (SSSR count). The minimum Gasteiger partial charge on any atom is -0.497 e. The number of hydrogen-bond acceptors (Lipinski definition) is 7. The first-order valence-electron chi connectivity index (χ1n) is 14.1. The molecule has 0 radical (unpaired) electrons. The first-order valence-corrected chi connectivity index (χ1v) is 15.5. The Morgan fingerprint density at radius 2 is 1.83 bits per heavy atom. The van der Waals surface area contributed by atoms with Crippen LogP contribution >= 0.6 is 0 Å². The Bertz CT molecular complexity index is 1330. The van der Waals surface area contributed by atoms with Crippen LogP contribution in [-0.2, 0) is 24.3 Å². The predicted octanol–water partition coefficient (Wildman–Crippen LogP) is 3.55. The van der Waals surface area contributed by atoms with E-state index < -0.39 is 16.3 Å². The summed E-state index contributed by atoms with van der Waals surface area (Å²) in [4.78, 5) is 13.3. The maximum absolute atomic E-state index is 13.6. The monoisotopic (exact) mass is 588 g/mol. The number of carbonyl (C=O) groups excluding carboxylic acids is 1. The number of nitrogens with one attached hydrogen (secondary N) is 1. The molecule has 3 unspecified atom stereocenters. The molecule has 11 heteroatoms. The lowest BCUT2D eigenvalue weighted by Gasteiger charge is -2.31. The molecule has 2 saturated carbocycles. The first-order chi connectivity index (χ1) is 19.8. The van der Waals surface area contributed by atoms with Gasteiger partial charge in [0.15, 0.2) is 5.76 Å². The Kier molecular flexibility index (Phi) is 9.28. The molecule has 9 nitrogen and oxygen atoms in total. The van der Waals surface area contributed by atoms with Gasteiger partial charge >= 0.3 is 0 Å². The second kappa shape index (κ2) is 12.9. The summed E-state index contributed by atoms with van der Waals surface area (Å²) in [5.74, 6) is 0.937. The van der Waals surface area contributed by atoms with Crippen molar-refractivity contribution in [2.75, 3.05) is 33.4 Å². The second-order valence-electron chi connectivity index (χ2n) is 10.9. The smallest absolute Gasteiger partial charge is 0.286 e. The number of rotatable bonds is 12. The van der Waals surface area contributed by atoms with E-state index in [1.165, 1.54) is 37.8 Å². The number of sulfonamides is 1. The SMILES string of the molecule is COc1ccc(S(=O)(=O)N(CCO)CCO[C@@H]2C[C@H](c3ccc(F)cc3)C=C(C(=O)NC3CC4CCC3C4)O2)cc1. The van der Waals surface area contributed by atoms with Crippen molar-refractivity contribution in [3.05, 3.63) is 71.7 Å². The maximum atomic E-state index is 13.6.